The highest BCUT2D eigenvalue weighted by atomic mass is 32.1. The summed E-state index contributed by atoms with van der Waals surface area (Å²) in [7, 11) is 0. The number of aryl methyl sites for hydroxylation is 2. The number of nitro benzene ring substituents is 1. The molecule has 1 heterocycles. The van der Waals surface area contributed by atoms with Crippen LogP contribution >= 0.6 is 12.2 Å². The van der Waals surface area contributed by atoms with Gasteiger partial charge in [-0.3, -0.25) is 15.2 Å². The first-order valence-corrected chi connectivity index (χ1v) is 8.03. The van der Waals surface area contributed by atoms with Crippen LogP contribution in [0, 0.1) is 14.9 Å². The van der Waals surface area contributed by atoms with Crippen molar-refractivity contribution in [3.8, 4) is 0 Å². The second-order valence-electron chi connectivity index (χ2n) is 5.34. The van der Waals surface area contributed by atoms with E-state index in [-0.39, 0.29) is 5.69 Å². The molecule has 0 spiro atoms. The van der Waals surface area contributed by atoms with E-state index in [1.54, 1.807) is 23.0 Å². The molecule has 0 saturated heterocycles. The second kappa shape index (κ2) is 7.63. The van der Waals surface area contributed by atoms with E-state index >= 15 is 0 Å². The van der Waals surface area contributed by atoms with Crippen LogP contribution in [0.2, 0.25) is 0 Å². The van der Waals surface area contributed by atoms with Gasteiger partial charge in [0.1, 0.15) is 0 Å². The summed E-state index contributed by atoms with van der Waals surface area (Å²) < 4.78 is 1.97. The summed E-state index contributed by atoms with van der Waals surface area (Å²) in [5.41, 5.74) is 1.99. The summed E-state index contributed by atoms with van der Waals surface area (Å²) >= 11 is 5.22. The highest BCUT2D eigenvalue weighted by Gasteiger charge is 2.06. The van der Waals surface area contributed by atoms with E-state index in [1.807, 2.05) is 18.2 Å². The molecule has 0 bridgehead atoms. The minimum atomic E-state index is -0.436. The number of nitrogens with zero attached hydrogens (tertiary/aromatic N) is 4. The molecule has 0 atom stereocenters. The zero-order valence-corrected chi connectivity index (χ0v) is 14.0. The molecule has 2 aromatic carbocycles. The average Bonchev–Trinajstić information content (AvgIpc) is 2.99. The number of aromatic amines is 1. The lowest BCUT2D eigenvalue weighted by molar-refractivity contribution is -0.384. The summed E-state index contributed by atoms with van der Waals surface area (Å²) in [6, 6.07) is 16.2. The lowest BCUT2D eigenvalue weighted by Crippen LogP contribution is -2.01. The largest absolute Gasteiger partial charge is 0.269 e. The van der Waals surface area contributed by atoms with Crippen LogP contribution in [0.1, 0.15) is 17.0 Å². The van der Waals surface area contributed by atoms with Crippen molar-refractivity contribution in [3.05, 3.63) is 86.4 Å². The van der Waals surface area contributed by atoms with Crippen molar-refractivity contribution in [2.24, 2.45) is 5.10 Å². The molecule has 8 heteroatoms. The second-order valence-corrected chi connectivity index (χ2v) is 5.72. The van der Waals surface area contributed by atoms with Gasteiger partial charge in [0.15, 0.2) is 5.82 Å². The van der Waals surface area contributed by atoms with Gasteiger partial charge in [-0.05, 0) is 41.9 Å². The predicted molar refractivity (Wildman–Crippen MR) is 97.4 cm³/mol. The Morgan fingerprint density at radius 2 is 1.88 bits per heavy atom. The first-order valence-electron chi connectivity index (χ1n) is 7.62. The molecule has 25 heavy (non-hydrogen) atoms. The van der Waals surface area contributed by atoms with Gasteiger partial charge < -0.3 is 0 Å². The van der Waals surface area contributed by atoms with Crippen molar-refractivity contribution in [1.82, 2.24) is 14.9 Å². The zero-order chi connectivity index (χ0) is 17.6. The van der Waals surface area contributed by atoms with Crippen molar-refractivity contribution >= 4 is 24.1 Å². The molecule has 1 N–H and O–H groups in total. The van der Waals surface area contributed by atoms with Crippen molar-refractivity contribution in [2.45, 2.75) is 12.8 Å². The molecule has 3 rings (SSSR count). The molecule has 0 unspecified atom stereocenters. The van der Waals surface area contributed by atoms with E-state index in [0.717, 1.165) is 17.8 Å². The van der Waals surface area contributed by atoms with Gasteiger partial charge in [-0.25, -0.2) is 0 Å². The number of hydrogen-bond donors (Lipinski definition) is 1. The van der Waals surface area contributed by atoms with E-state index in [9.17, 15) is 10.1 Å². The summed E-state index contributed by atoms with van der Waals surface area (Å²) in [6.45, 7) is 0. The maximum absolute atomic E-state index is 10.7. The lowest BCUT2D eigenvalue weighted by Gasteiger charge is -2.01. The third-order valence-corrected chi connectivity index (χ3v) is 3.89. The topological polar surface area (TPSA) is 89.1 Å². The summed E-state index contributed by atoms with van der Waals surface area (Å²) in [5.74, 6) is 0.729. The molecule has 0 saturated carbocycles. The Bertz CT molecular complexity index is 945. The number of rotatable bonds is 6. The van der Waals surface area contributed by atoms with Gasteiger partial charge in [0.05, 0.1) is 11.1 Å². The summed E-state index contributed by atoms with van der Waals surface area (Å²) in [6.07, 6.45) is 3.11. The monoisotopic (exact) mass is 353 g/mol. The third kappa shape index (κ3) is 4.24. The minimum absolute atomic E-state index is 0.0422. The third-order valence-electron chi connectivity index (χ3n) is 3.62. The van der Waals surface area contributed by atoms with Crippen LogP contribution in [0.15, 0.2) is 59.7 Å². The normalized spacial score (nSPS) is 11.0. The standard InChI is InChI=1S/C17H15N5O2S/c23-22(24)15-9-6-14(7-10-15)12-18-21-16(19-20-17(21)25)11-8-13-4-2-1-3-5-13/h1-7,9-10,12H,8,11H2,(H,20,25)/b18-12-. The maximum atomic E-state index is 10.7. The number of H-pyrrole nitrogens is 1. The number of aromatic nitrogens is 3. The number of benzene rings is 2. The van der Waals surface area contributed by atoms with Crippen molar-refractivity contribution in [1.29, 1.82) is 0 Å². The minimum Gasteiger partial charge on any atom is -0.258 e. The van der Waals surface area contributed by atoms with E-state index in [0.29, 0.717) is 11.2 Å². The number of nitrogens with one attached hydrogen (secondary N) is 1. The van der Waals surface area contributed by atoms with Gasteiger partial charge >= 0.3 is 0 Å². The molecule has 126 valence electrons. The highest BCUT2D eigenvalue weighted by Crippen LogP contribution is 2.11. The molecule has 0 radical (unpaired) electrons. The molecule has 1 aromatic heterocycles. The zero-order valence-electron chi connectivity index (χ0n) is 13.2. The van der Waals surface area contributed by atoms with Crippen molar-refractivity contribution in [3.63, 3.8) is 0 Å². The number of hydrogen-bond acceptors (Lipinski definition) is 5. The van der Waals surface area contributed by atoms with Gasteiger partial charge in [-0.15, -0.1) is 0 Å². The van der Waals surface area contributed by atoms with Crippen molar-refractivity contribution in [2.75, 3.05) is 0 Å². The molecule has 0 aliphatic heterocycles. The van der Waals surface area contributed by atoms with Gasteiger partial charge in [0, 0.05) is 18.6 Å². The molecule has 7 nitrogen and oxygen atoms in total. The molecular weight excluding hydrogens is 338 g/mol. The van der Waals surface area contributed by atoms with Gasteiger partial charge in [-0.2, -0.15) is 14.9 Å². The van der Waals surface area contributed by atoms with E-state index in [4.69, 9.17) is 12.2 Å². The lowest BCUT2D eigenvalue weighted by atomic mass is 10.1. The van der Waals surface area contributed by atoms with Crippen molar-refractivity contribution < 1.29 is 4.92 Å². The molecule has 0 aliphatic rings. The highest BCUT2D eigenvalue weighted by molar-refractivity contribution is 7.71. The predicted octanol–water partition coefficient (Wildman–Crippen LogP) is 3.52. The molecular formula is C17H15N5O2S. The van der Waals surface area contributed by atoms with Crippen LogP contribution in [-0.2, 0) is 12.8 Å². The van der Waals surface area contributed by atoms with Crippen LogP contribution in [0.4, 0.5) is 5.69 Å². The van der Waals surface area contributed by atoms with Crippen LogP contribution < -0.4 is 0 Å². The maximum Gasteiger partial charge on any atom is 0.269 e. The average molecular weight is 353 g/mol. The Hall–Kier alpha value is -3.13. The number of non-ortho nitro benzene ring substituents is 1. The first-order chi connectivity index (χ1) is 12.1. The summed E-state index contributed by atoms with van der Waals surface area (Å²) in [5, 5.41) is 22.0. The first kappa shape index (κ1) is 16.7. The molecule has 0 fully saturated rings. The fraction of sp³-hybridized carbons (Fsp3) is 0.118. The van der Waals surface area contributed by atoms with Gasteiger partial charge in [0.25, 0.3) is 5.69 Å². The quantitative estimate of drug-likeness (QED) is 0.318. The Morgan fingerprint density at radius 3 is 2.56 bits per heavy atom. The Kier molecular flexibility index (Phi) is 5.10. The van der Waals surface area contributed by atoms with E-state index < -0.39 is 4.92 Å². The molecule has 0 aliphatic carbocycles. The Morgan fingerprint density at radius 1 is 1.16 bits per heavy atom. The van der Waals surface area contributed by atoms with Gasteiger partial charge in [-0.1, -0.05) is 30.3 Å². The van der Waals surface area contributed by atoms with Gasteiger partial charge in [0.2, 0.25) is 4.77 Å². The van der Waals surface area contributed by atoms with Crippen LogP contribution in [0.3, 0.4) is 0 Å². The summed E-state index contributed by atoms with van der Waals surface area (Å²) in [4.78, 5) is 10.2. The molecule has 0 amide bonds. The fourth-order valence-corrected chi connectivity index (χ4v) is 2.51. The Balaban J connectivity index is 1.75. The molecule has 3 aromatic rings. The fourth-order valence-electron chi connectivity index (χ4n) is 2.31. The van der Waals surface area contributed by atoms with Crippen LogP contribution in [-0.4, -0.2) is 26.0 Å². The van der Waals surface area contributed by atoms with Crippen LogP contribution in [0.5, 0.6) is 0 Å². The smallest absolute Gasteiger partial charge is 0.258 e. The SMILES string of the molecule is O=[N+]([O-])c1ccc(/C=N\n2c(CCc3ccccc3)n[nH]c2=S)cc1. The Labute approximate surface area is 148 Å². The number of nitro groups is 1. The van der Waals surface area contributed by atoms with E-state index in [2.05, 4.69) is 27.4 Å². The van der Waals surface area contributed by atoms with Crippen LogP contribution in [0.25, 0.3) is 0 Å². The van der Waals surface area contributed by atoms with E-state index in [1.165, 1.54) is 17.7 Å².